The number of aromatic hydroxyl groups is 2. The summed E-state index contributed by atoms with van der Waals surface area (Å²) in [5, 5.41) is 30.8. The smallest absolute Gasteiger partial charge is 0.335 e. The Bertz CT molecular complexity index is 593. The number of carbonyl (C=O) groups is 1. The minimum atomic E-state index is -0.975. The van der Waals surface area contributed by atoms with E-state index in [2.05, 4.69) is 5.32 Å². The maximum atomic E-state index is 10.7. The quantitative estimate of drug-likeness (QED) is 0.633. The van der Waals surface area contributed by atoms with Gasteiger partial charge in [-0.3, -0.25) is 0 Å². The van der Waals surface area contributed by atoms with Crippen LogP contribution in [0.1, 0.15) is 15.9 Å². The molecule has 0 heterocycles. The summed E-state index contributed by atoms with van der Waals surface area (Å²) in [5.41, 5.74) is 1.50. The normalized spacial score (nSPS) is 10.1. The molecule has 0 amide bonds. The molecule has 0 saturated heterocycles. The van der Waals surface area contributed by atoms with Crippen LogP contribution >= 0.6 is 0 Å². The van der Waals surface area contributed by atoms with Crippen molar-refractivity contribution < 1.29 is 20.1 Å². The number of benzene rings is 2. The average molecular weight is 259 g/mol. The topological polar surface area (TPSA) is 89.8 Å². The largest absolute Gasteiger partial charge is 0.504 e. The number of nitrogens with one attached hydrogen (secondary N) is 1. The maximum Gasteiger partial charge on any atom is 0.335 e. The molecule has 0 aromatic heterocycles. The highest BCUT2D eigenvalue weighted by atomic mass is 16.4. The van der Waals surface area contributed by atoms with Gasteiger partial charge in [-0.25, -0.2) is 4.79 Å². The lowest BCUT2D eigenvalue weighted by Gasteiger charge is -2.09. The van der Waals surface area contributed by atoms with Gasteiger partial charge in [-0.1, -0.05) is 12.1 Å². The van der Waals surface area contributed by atoms with Crippen molar-refractivity contribution in [1.82, 2.24) is 0 Å². The zero-order chi connectivity index (χ0) is 13.8. The number of hydrogen-bond donors (Lipinski definition) is 4. The molecule has 19 heavy (non-hydrogen) atoms. The highest BCUT2D eigenvalue weighted by Crippen LogP contribution is 2.28. The van der Waals surface area contributed by atoms with E-state index in [9.17, 15) is 15.0 Å². The van der Waals surface area contributed by atoms with Gasteiger partial charge in [-0.05, 0) is 30.3 Å². The lowest BCUT2D eigenvalue weighted by molar-refractivity contribution is 0.0697. The summed E-state index contributed by atoms with van der Waals surface area (Å²) in [4.78, 5) is 10.7. The number of aromatic carboxylic acids is 1. The van der Waals surface area contributed by atoms with E-state index in [0.717, 1.165) is 5.69 Å². The number of carboxylic acids is 1. The van der Waals surface area contributed by atoms with Crippen LogP contribution < -0.4 is 5.32 Å². The molecule has 2 aromatic carbocycles. The molecule has 0 atom stereocenters. The van der Waals surface area contributed by atoms with Gasteiger partial charge in [0.15, 0.2) is 11.5 Å². The molecular weight excluding hydrogens is 246 g/mol. The third-order valence-corrected chi connectivity index (χ3v) is 2.71. The predicted molar refractivity (Wildman–Crippen MR) is 70.5 cm³/mol. The van der Waals surface area contributed by atoms with Crippen LogP contribution in [0, 0.1) is 0 Å². The molecule has 0 aliphatic heterocycles. The van der Waals surface area contributed by atoms with Crippen molar-refractivity contribution in [3.8, 4) is 11.5 Å². The summed E-state index contributed by atoms with van der Waals surface area (Å²) in [6, 6.07) is 11.0. The Labute approximate surface area is 109 Å². The average Bonchev–Trinajstić information content (AvgIpc) is 2.41. The van der Waals surface area contributed by atoms with Crippen molar-refractivity contribution in [3.63, 3.8) is 0 Å². The first-order valence-corrected chi connectivity index (χ1v) is 5.65. The van der Waals surface area contributed by atoms with Gasteiger partial charge in [0.25, 0.3) is 0 Å². The van der Waals surface area contributed by atoms with Crippen LogP contribution in [-0.4, -0.2) is 21.3 Å². The van der Waals surface area contributed by atoms with Gasteiger partial charge in [0.05, 0.1) is 5.56 Å². The molecule has 0 unspecified atom stereocenters. The van der Waals surface area contributed by atoms with Crippen molar-refractivity contribution in [1.29, 1.82) is 0 Å². The van der Waals surface area contributed by atoms with E-state index in [1.54, 1.807) is 24.3 Å². The Hall–Kier alpha value is -2.69. The molecule has 0 saturated carbocycles. The van der Waals surface area contributed by atoms with Crippen LogP contribution in [0.4, 0.5) is 5.69 Å². The minimum absolute atomic E-state index is 0.155. The van der Waals surface area contributed by atoms with Crippen LogP contribution in [-0.2, 0) is 6.54 Å². The second-order valence-electron chi connectivity index (χ2n) is 4.02. The Balaban J connectivity index is 2.06. The number of rotatable bonds is 4. The lowest BCUT2D eigenvalue weighted by atomic mass is 10.1. The molecule has 0 bridgehead atoms. The van der Waals surface area contributed by atoms with E-state index < -0.39 is 5.97 Å². The number of anilines is 1. The molecular formula is C14H13NO4. The van der Waals surface area contributed by atoms with Crippen LogP contribution in [0.3, 0.4) is 0 Å². The molecule has 0 fully saturated rings. The van der Waals surface area contributed by atoms with Crippen LogP contribution in [0.15, 0.2) is 42.5 Å². The summed E-state index contributed by atoms with van der Waals surface area (Å²) >= 11 is 0. The van der Waals surface area contributed by atoms with E-state index in [-0.39, 0.29) is 17.1 Å². The second-order valence-corrected chi connectivity index (χ2v) is 4.02. The number of carboxylic acid groups (broad SMARTS) is 1. The van der Waals surface area contributed by atoms with E-state index in [4.69, 9.17) is 5.11 Å². The summed E-state index contributed by atoms with van der Waals surface area (Å²) in [6.07, 6.45) is 0. The summed E-state index contributed by atoms with van der Waals surface area (Å²) < 4.78 is 0. The zero-order valence-corrected chi connectivity index (χ0v) is 10.00. The first kappa shape index (κ1) is 12.8. The van der Waals surface area contributed by atoms with Crippen molar-refractivity contribution in [2.75, 3.05) is 5.32 Å². The summed E-state index contributed by atoms with van der Waals surface area (Å²) in [7, 11) is 0. The Morgan fingerprint density at radius 3 is 2.37 bits per heavy atom. The van der Waals surface area contributed by atoms with Gasteiger partial charge in [-0.15, -0.1) is 0 Å². The lowest BCUT2D eigenvalue weighted by Crippen LogP contribution is -2.01. The summed E-state index contributed by atoms with van der Waals surface area (Å²) in [5.74, 6) is -1.30. The third-order valence-electron chi connectivity index (χ3n) is 2.71. The van der Waals surface area contributed by atoms with Gasteiger partial charge < -0.3 is 20.6 Å². The van der Waals surface area contributed by atoms with Gasteiger partial charge in [0, 0.05) is 17.8 Å². The van der Waals surface area contributed by atoms with E-state index in [1.165, 1.54) is 18.2 Å². The Morgan fingerprint density at radius 1 is 1.05 bits per heavy atom. The molecule has 5 nitrogen and oxygen atoms in total. The Kier molecular flexibility index (Phi) is 3.56. The fourth-order valence-corrected chi connectivity index (χ4v) is 1.65. The Morgan fingerprint density at radius 2 is 1.74 bits per heavy atom. The standard InChI is InChI=1S/C14H13NO4/c16-12-3-1-2-10(13(12)17)8-15-11-6-4-9(5-7-11)14(18)19/h1-7,15-17H,8H2,(H,18,19). The predicted octanol–water partition coefficient (Wildman–Crippen LogP) is 2.41. The molecule has 0 radical (unpaired) electrons. The number of phenolic OH excluding ortho intramolecular Hbond substituents is 2. The van der Waals surface area contributed by atoms with Crippen LogP contribution in [0.25, 0.3) is 0 Å². The van der Waals surface area contributed by atoms with Crippen molar-refractivity contribution >= 4 is 11.7 Å². The van der Waals surface area contributed by atoms with Crippen LogP contribution in [0.5, 0.6) is 11.5 Å². The van der Waals surface area contributed by atoms with Gasteiger partial charge >= 0.3 is 5.97 Å². The molecule has 0 aliphatic carbocycles. The highest BCUT2D eigenvalue weighted by Gasteiger charge is 2.06. The second kappa shape index (κ2) is 5.30. The maximum absolute atomic E-state index is 10.7. The van der Waals surface area contributed by atoms with Gasteiger partial charge in [0.1, 0.15) is 0 Å². The first-order chi connectivity index (χ1) is 9.08. The SMILES string of the molecule is O=C(O)c1ccc(NCc2cccc(O)c2O)cc1. The third kappa shape index (κ3) is 2.95. The van der Waals surface area contributed by atoms with Crippen molar-refractivity contribution in [2.45, 2.75) is 6.54 Å². The van der Waals surface area contributed by atoms with Crippen molar-refractivity contribution in [3.05, 3.63) is 53.6 Å². The van der Waals surface area contributed by atoms with E-state index in [1.807, 2.05) is 0 Å². The molecule has 0 spiro atoms. The monoisotopic (exact) mass is 259 g/mol. The molecule has 0 aliphatic rings. The molecule has 4 N–H and O–H groups in total. The summed E-state index contributed by atoms with van der Waals surface area (Å²) in [6.45, 7) is 0.326. The van der Waals surface area contributed by atoms with Gasteiger partial charge in [-0.2, -0.15) is 0 Å². The zero-order valence-electron chi connectivity index (χ0n) is 10.00. The first-order valence-electron chi connectivity index (χ1n) is 5.65. The molecule has 5 heteroatoms. The fourth-order valence-electron chi connectivity index (χ4n) is 1.65. The van der Waals surface area contributed by atoms with Crippen molar-refractivity contribution in [2.24, 2.45) is 0 Å². The molecule has 2 rings (SSSR count). The number of hydrogen-bond acceptors (Lipinski definition) is 4. The minimum Gasteiger partial charge on any atom is -0.504 e. The van der Waals surface area contributed by atoms with E-state index >= 15 is 0 Å². The number of para-hydroxylation sites is 1. The molecule has 2 aromatic rings. The fraction of sp³-hybridized carbons (Fsp3) is 0.0714. The highest BCUT2D eigenvalue weighted by molar-refractivity contribution is 5.87. The number of phenols is 2. The molecule has 98 valence electrons. The van der Waals surface area contributed by atoms with Crippen LogP contribution in [0.2, 0.25) is 0 Å². The van der Waals surface area contributed by atoms with E-state index in [0.29, 0.717) is 12.1 Å². The van der Waals surface area contributed by atoms with Gasteiger partial charge in [0.2, 0.25) is 0 Å².